The zero-order valence-electron chi connectivity index (χ0n) is 12.9. The van der Waals surface area contributed by atoms with Gasteiger partial charge in [-0.25, -0.2) is 0 Å². The highest BCUT2D eigenvalue weighted by Crippen LogP contribution is 2.43. The molecule has 1 heterocycles. The van der Waals surface area contributed by atoms with Gasteiger partial charge in [0.25, 0.3) is 0 Å². The lowest BCUT2D eigenvalue weighted by Gasteiger charge is -2.26. The van der Waals surface area contributed by atoms with Gasteiger partial charge in [0.15, 0.2) is 11.5 Å². The van der Waals surface area contributed by atoms with Crippen LogP contribution in [-0.2, 0) is 0 Å². The summed E-state index contributed by atoms with van der Waals surface area (Å²) in [7, 11) is 3.16. The first-order chi connectivity index (χ1) is 11.2. The number of benzene rings is 2. The summed E-state index contributed by atoms with van der Waals surface area (Å²) < 4.78 is 16.2. The Morgan fingerprint density at radius 2 is 1.83 bits per heavy atom. The minimum atomic E-state index is -0.301. The van der Waals surface area contributed by atoms with E-state index in [0.29, 0.717) is 22.8 Å². The average Bonchev–Trinajstić information content (AvgIpc) is 2.59. The van der Waals surface area contributed by atoms with Crippen molar-refractivity contribution < 1.29 is 14.2 Å². The Labute approximate surface area is 134 Å². The highest BCUT2D eigenvalue weighted by atomic mass is 16.5. The van der Waals surface area contributed by atoms with Crippen LogP contribution in [0.5, 0.6) is 17.2 Å². The summed E-state index contributed by atoms with van der Waals surface area (Å²) >= 11 is 0. The van der Waals surface area contributed by atoms with Gasteiger partial charge in [-0.3, -0.25) is 0 Å². The molecule has 0 spiro atoms. The lowest BCUT2D eigenvalue weighted by atomic mass is 9.83. The maximum absolute atomic E-state index is 9.52. The molecule has 0 radical (unpaired) electrons. The molecule has 23 heavy (non-hydrogen) atoms. The van der Waals surface area contributed by atoms with E-state index in [2.05, 4.69) is 6.07 Å². The van der Waals surface area contributed by atoms with Gasteiger partial charge >= 0.3 is 0 Å². The molecule has 0 saturated carbocycles. The molecule has 0 fully saturated rings. The second-order valence-corrected chi connectivity index (χ2v) is 5.08. The maximum atomic E-state index is 9.52. The number of fused-ring (bicyclic) bond motifs is 1. The first-order valence-electron chi connectivity index (χ1n) is 7.08. The molecule has 3 rings (SSSR count). The Hall–Kier alpha value is -3.13. The molecular formula is C18H16N2O3. The minimum absolute atomic E-state index is 0.131. The number of para-hydroxylation sites is 1. The number of methoxy groups -OCH3 is 2. The summed E-state index contributed by atoms with van der Waals surface area (Å²) in [6.07, 6.45) is 0. The van der Waals surface area contributed by atoms with Crippen LogP contribution in [0.1, 0.15) is 17.0 Å². The van der Waals surface area contributed by atoms with Crippen molar-refractivity contribution in [3.8, 4) is 23.3 Å². The smallest absolute Gasteiger partial charge is 0.205 e. The zero-order chi connectivity index (χ0) is 16.4. The first-order valence-corrected chi connectivity index (χ1v) is 7.08. The third-order valence-electron chi connectivity index (χ3n) is 3.87. The molecule has 2 aromatic rings. The van der Waals surface area contributed by atoms with Crippen molar-refractivity contribution in [2.75, 3.05) is 14.2 Å². The quantitative estimate of drug-likeness (QED) is 0.943. The van der Waals surface area contributed by atoms with E-state index in [4.69, 9.17) is 19.9 Å². The Morgan fingerprint density at radius 1 is 1.09 bits per heavy atom. The number of rotatable bonds is 3. The van der Waals surface area contributed by atoms with E-state index in [1.807, 2.05) is 42.5 Å². The van der Waals surface area contributed by atoms with Crippen LogP contribution < -0.4 is 19.9 Å². The van der Waals surface area contributed by atoms with Crippen LogP contribution in [-0.4, -0.2) is 14.2 Å². The van der Waals surface area contributed by atoms with Gasteiger partial charge in [-0.05, 0) is 23.8 Å². The van der Waals surface area contributed by atoms with Gasteiger partial charge in [-0.15, -0.1) is 0 Å². The summed E-state index contributed by atoms with van der Waals surface area (Å²) in [6, 6.07) is 15.3. The molecule has 1 aliphatic heterocycles. The van der Waals surface area contributed by atoms with Gasteiger partial charge < -0.3 is 19.9 Å². The Balaban J connectivity index is 2.19. The van der Waals surface area contributed by atoms with Crippen molar-refractivity contribution >= 4 is 0 Å². The molecule has 0 bridgehead atoms. The fourth-order valence-corrected chi connectivity index (χ4v) is 2.78. The Kier molecular flexibility index (Phi) is 3.82. The van der Waals surface area contributed by atoms with Crippen molar-refractivity contribution in [1.82, 2.24) is 0 Å². The Bertz CT molecular complexity index is 821. The molecule has 116 valence electrons. The lowest BCUT2D eigenvalue weighted by Crippen LogP contribution is -2.21. The predicted molar refractivity (Wildman–Crippen MR) is 85.3 cm³/mol. The zero-order valence-corrected chi connectivity index (χ0v) is 12.9. The number of allylic oxidation sites excluding steroid dienone is 1. The molecule has 2 aromatic carbocycles. The summed E-state index contributed by atoms with van der Waals surface area (Å²) in [4.78, 5) is 0. The molecule has 1 atom stereocenters. The lowest BCUT2D eigenvalue weighted by molar-refractivity contribution is 0.354. The van der Waals surface area contributed by atoms with Gasteiger partial charge in [0.05, 0.1) is 20.1 Å². The summed E-state index contributed by atoms with van der Waals surface area (Å²) in [5, 5.41) is 9.52. The highest BCUT2D eigenvalue weighted by Gasteiger charge is 2.30. The van der Waals surface area contributed by atoms with Crippen molar-refractivity contribution in [2.45, 2.75) is 5.92 Å². The van der Waals surface area contributed by atoms with Crippen LogP contribution in [0, 0.1) is 11.3 Å². The van der Waals surface area contributed by atoms with Crippen LogP contribution in [0.25, 0.3) is 0 Å². The summed E-state index contributed by atoms with van der Waals surface area (Å²) in [6.45, 7) is 0. The topological polar surface area (TPSA) is 77.5 Å². The van der Waals surface area contributed by atoms with E-state index in [-0.39, 0.29) is 11.8 Å². The fraction of sp³-hybridized carbons (Fsp3) is 0.167. The van der Waals surface area contributed by atoms with Crippen LogP contribution in [0.4, 0.5) is 0 Å². The van der Waals surface area contributed by atoms with Crippen molar-refractivity contribution in [3.63, 3.8) is 0 Å². The highest BCUT2D eigenvalue weighted by molar-refractivity contribution is 5.57. The van der Waals surface area contributed by atoms with Gasteiger partial charge in [0.1, 0.15) is 17.4 Å². The number of nitrogens with zero attached hydrogens (tertiary/aromatic N) is 1. The molecule has 5 heteroatoms. The maximum Gasteiger partial charge on any atom is 0.205 e. The number of ether oxygens (including phenoxy) is 3. The van der Waals surface area contributed by atoms with Gasteiger partial charge in [0, 0.05) is 5.56 Å². The van der Waals surface area contributed by atoms with Gasteiger partial charge in [-0.1, -0.05) is 24.3 Å². The van der Waals surface area contributed by atoms with Crippen LogP contribution in [0.2, 0.25) is 0 Å². The molecule has 0 saturated heterocycles. The third-order valence-corrected chi connectivity index (χ3v) is 3.87. The normalized spacial score (nSPS) is 16.1. The number of hydrogen-bond acceptors (Lipinski definition) is 5. The summed E-state index contributed by atoms with van der Waals surface area (Å²) in [5.41, 5.74) is 8.10. The molecule has 0 unspecified atom stereocenters. The molecule has 5 nitrogen and oxygen atoms in total. The van der Waals surface area contributed by atoms with E-state index in [0.717, 1.165) is 11.1 Å². The van der Waals surface area contributed by atoms with Crippen LogP contribution in [0.15, 0.2) is 53.9 Å². The monoisotopic (exact) mass is 308 g/mol. The van der Waals surface area contributed by atoms with Crippen molar-refractivity contribution in [2.24, 2.45) is 5.73 Å². The largest absolute Gasteiger partial charge is 0.493 e. The predicted octanol–water partition coefficient (Wildman–Crippen LogP) is 2.92. The van der Waals surface area contributed by atoms with E-state index in [1.165, 1.54) is 0 Å². The van der Waals surface area contributed by atoms with Crippen LogP contribution in [0.3, 0.4) is 0 Å². The Morgan fingerprint density at radius 3 is 2.52 bits per heavy atom. The standard InChI is InChI=1S/C18H16N2O3/c1-21-15-8-7-11(9-16(15)22-2)17-12-5-3-4-6-14(12)23-18(20)13(17)10-19/h3-9,17H,20H2,1-2H3/t17-/m0/s1. The van der Waals surface area contributed by atoms with Gasteiger partial charge in [0.2, 0.25) is 5.88 Å². The van der Waals surface area contributed by atoms with E-state index in [1.54, 1.807) is 14.2 Å². The fourth-order valence-electron chi connectivity index (χ4n) is 2.78. The van der Waals surface area contributed by atoms with Crippen molar-refractivity contribution in [1.29, 1.82) is 5.26 Å². The first kappa shape index (κ1) is 14.8. The molecule has 0 amide bonds. The molecule has 1 aliphatic rings. The van der Waals surface area contributed by atoms with E-state index < -0.39 is 0 Å². The van der Waals surface area contributed by atoms with Crippen molar-refractivity contribution in [3.05, 3.63) is 65.0 Å². The van der Waals surface area contributed by atoms with Gasteiger partial charge in [-0.2, -0.15) is 5.26 Å². The second-order valence-electron chi connectivity index (χ2n) is 5.08. The molecular weight excluding hydrogens is 292 g/mol. The number of nitriles is 1. The summed E-state index contributed by atoms with van der Waals surface area (Å²) in [5.74, 6) is 1.72. The van der Waals surface area contributed by atoms with E-state index >= 15 is 0 Å². The number of nitrogens with two attached hydrogens (primary N) is 1. The third kappa shape index (κ3) is 2.44. The molecule has 2 N–H and O–H groups in total. The number of hydrogen-bond donors (Lipinski definition) is 1. The SMILES string of the molecule is COc1ccc([C@@H]2C(C#N)=C(N)Oc3ccccc32)cc1OC. The van der Waals surface area contributed by atoms with Crippen LogP contribution >= 0.6 is 0 Å². The average molecular weight is 308 g/mol. The second kappa shape index (κ2) is 5.93. The molecule has 0 aliphatic carbocycles. The minimum Gasteiger partial charge on any atom is -0.493 e. The van der Waals surface area contributed by atoms with E-state index in [9.17, 15) is 5.26 Å². The molecule has 0 aromatic heterocycles.